The molecular weight excluding hydrogens is 512 g/mol. The highest BCUT2D eigenvalue weighted by molar-refractivity contribution is 6.13. The molecule has 0 fully saturated rings. The molecule has 1 aliphatic heterocycles. The van der Waals surface area contributed by atoms with E-state index in [2.05, 4.69) is 10.3 Å². The predicted molar refractivity (Wildman–Crippen MR) is 139 cm³/mol. The zero-order chi connectivity index (χ0) is 28.1. The van der Waals surface area contributed by atoms with Gasteiger partial charge in [-0.05, 0) is 61.0 Å². The van der Waals surface area contributed by atoms with Crippen molar-refractivity contribution < 1.29 is 33.6 Å². The molecule has 1 aliphatic rings. The molecule has 3 aromatic rings. The minimum absolute atomic E-state index is 0.0260. The maximum Gasteiger partial charge on any atom is 0.363 e. The van der Waals surface area contributed by atoms with Crippen LogP contribution in [0.1, 0.15) is 25.0 Å². The molecule has 13 nitrogen and oxygen atoms in total. The van der Waals surface area contributed by atoms with Crippen LogP contribution in [-0.4, -0.2) is 34.2 Å². The molecule has 0 spiro atoms. The Bertz CT molecular complexity index is 1550. The fraction of sp³-hybridized carbons (Fsp3) is 0.115. The van der Waals surface area contributed by atoms with Crippen LogP contribution in [0, 0.1) is 20.2 Å². The number of carbonyl (C=O) groups excluding carboxylic acids is 2. The van der Waals surface area contributed by atoms with Crippen LogP contribution in [0.4, 0.5) is 17.1 Å². The number of nitrogens with zero attached hydrogens (tertiary/aromatic N) is 3. The van der Waals surface area contributed by atoms with E-state index in [0.717, 1.165) is 18.2 Å². The van der Waals surface area contributed by atoms with E-state index in [1.54, 1.807) is 43.3 Å². The Kier molecular flexibility index (Phi) is 7.61. The summed E-state index contributed by atoms with van der Waals surface area (Å²) >= 11 is 0. The second kappa shape index (κ2) is 11.2. The van der Waals surface area contributed by atoms with Gasteiger partial charge in [0, 0.05) is 24.2 Å². The largest absolute Gasteiger partial charge is 0.490 e. The van der Waals surface area contributed by atoms with E-state index in [1.807, 2.05) is 0 Å². The van der Waals surface area contributed by atoms with E-state index >= 15 is 0 Å². The number of anilines is 1. The summed E-state index contributed by atoms with van der Waals surface area (Å²) in [6.45, 7) is 3.35. The summed E-state index contributed by atoms with van der Waals surface area (Å²) in [6.07, 6.45) is 1.47. The number of nitrogens with one attached hydrogen (secondary N) is 1. The van der Waals surface area contributed by atoms with Crippen LogP contribution in [0.15, 0.2) is 71.4 Å². The van der Waals surface area contributed by atoms with Crippen molar-refractivity contribution in [3.05, 3.63) is 97.7 Å². The lowest BCUT2D eigenvalue weighted by Crippen LogP contribution is -2.07. The molecule has 0 aromatic heterocycles. The standard InChI is InChI=1S/C26H20N4O9/c1-3-37-24-13-16(4-10-23(24)38-22-11-9-19(29(33)34)14-21(22)30(35)36)12-20-26(32)39-25(28-20)17-5-7-18(8-6-17)27-15(2)31/h4-14H,3H2,1-2H3,(H,27,31)/b20-12-. The smallest absolute Gasteiger partial charge is 0.363 e. The Hall–Kier alpha value is -5.59. The number of benzene rings is 3. The predicted octanol–water partition coefficient (Wildman–Crippen LogP) is 5.00. The lowest BCUT2D eigenvalue weighted by atomic mass is 10.1. The summed E-state index contributed by atoms with van der Waals surface area (Å²) in [5.41, 5.74) is 0.604. The van der Waals surface area contributed by atoms with Crippen LogP contribution in [-0.2, 0) is 14.3 Å². The second-order valence-electron chi connectivity index (χ2n) is 8.00. The molecule has 0 saturated heterocycles. The monoisotopic (exact) mass is 532 g/mol. The second-order valence-corrected chi connectivity index (χ2v) is 8.00. The number of hydrogen-bond donors (Lipinski definition) is 1. The topological polar surface area (TPSA) is 172 Å². The van der Waals surface area contributed by atoms with E-state index in [4.69, 9.17) is 14.2 Å². The molecule has 1 N–H and O–H groups in total. The first-order valence-corrected chi connectivity index (χ1v) is 11.4. The van der Waals surface area contributed by atoms with E-state index in [-0.39, 0.29) is 41.4 Å². The number of nitro benzene ring substituents is 2. The van der Waals surface area contributed by atoms with Gasteiger partial charge in [-0.2, -0.15) is 0 Å². The highest BCUT2D eigenvalue weighted by Gasteiger charge is 2.25. The molecule has 1 heterocycles. The lowest BCUT2D eigenvalue weighted by Gasteiger charge is -2.12. The van der Waals surface area contributed by atoms with Crippen molar-refractivity contribution >= 4 is 40.9 Å². The summed E-state index contributed by atoms with van der Waals surface area (Å²) < 4.78 is 16.6. The van der Waals surface area contributed by atoms with Crippen molar-refractivity contribution in [2.45, 2.75) is 13.8 Å². The normalized spacial score (nSPS) is 13.4. The summed E-state index contributed by atoms with van der Waals surface area (Å²) in [5, 5.41) is 25.1. The molecule has 0 unspecified atom stereocenters. The average Bonchev–Trinajstić information content (AvgIpc) is 3.25. The van der Waals surface area contributed by atoms with Gasteiger partial charge in [0.1, 0.15) is 0 Å². The van der Waals surface area contributed by atoms with Gasteiger partial charge in [-0.1, -0.05) is 6.07 Å². The molecule has 1 amide bonds. The first-order valence-electron chi connectivity index (χ1n) is 11.4. The molecule has 0 bridgehead atoms. The van der Waals surface area contributed by atoms with Crippen molar-refractivity contribution in [3.63, 3.8) is 0 Å². The third kappa shape index (κ3) is 6.22. The van der Waals surface area contributed by atoms with Gasteiger partial charge in [0.2, 0.25) is 17.6 Å². The molecule has 0 radical (unpaired) electrons. The Labute approximate surface area is 220 Å². The molecule has 4 rings (SSSR count). The maximum atomic E-state index is 12.4. The molecule has 198 valence electrons. The maximum absolute atomic E-state index is 12.4. The number of cyclic esters (lactones) is 1. The number of hydrogen-bond acceptors (Lipinski definition) is 10. The van der Waals surface area contributed by atoms with Crippen LogP contribution in [0.2, 0.25) is 0 Å². The number of amides is 1. The number of esters is 1. The number of rotatable bonds is 9. The van der Waals surface area contributed by atoms with Crippen LogP contribution < -0.4 is 14.8 Å². The van der Waals surface area contributed by atoms with Crippen LogP contribution in [0.3, 0.4) is 0 Å². The SMILES string of the molecule is CCOc1cc(/C=C2\N=C(c3ccc(NC(C)=O)cc3)OC2=O)ccc1Oc1ccc([N+](=O)[O-])cc1[N+](=O)[O-]. The van der Waals surface area contributed by atoms with Gasteiger partial charge in [0.25, 0.3) is 5.69 Å². The van der Waals surface area contributed by atoms with Gasteiger partial charge in [0.05, 0.1) is 22.5 Å². The van der Waals surface area contributed by atoms with Crippen LogP contribution in [0.5, 0.6) is 17.2 Å². The van der Waals surface area contributed by atoms with Crippen molar-refractivity contribution in [2.75, 3.05) is 11.9 Å². The summed E-state index contributed by atoms with van der Waals surface area (Å²) in [6, 6.07) is 14.2. The third-order valence-corrected chi connectivity index (χ3v) is 5.21. The highest BCUT2D eigenvalue weighted by Crippen LogP contribution is 2.39. The Morgan fingerprint density at radius 2 is 1.72 bits per heavy atom. The Morgan fingerprint density at radius 3 is 2.36 bits per heavy atom. The van der Waals surface area contributed by atoms with E-state index in [9.17, 15) is 29.8 Å². The highest BCUT2D eigenvalue weighted by atomic mass is 16.6. The van der Waals surface area contributed by atoms with Crippen LogP contribution >= 0.6 is 0 Å². The van der Waals surface area contributed by atoms with Gasteiger partial charge in [0.15, 0.2) is 17.2 Å². The van der Waals surface area contributed by atoms with Crippen molar-refractivity contribution in [1.29, 1.82) is 0 Å². The number of aliphatic imine (C=N–C) groups is 1. The van der Waals surface area contributed by atoms with Crippen molar-refractivity contribution in [2.24, 2.45) is 4.99 Å². The Balaban J connectivity index is 1.61. The fourth-order valence-electron chi connectivity index (χ4n) is 3.52. The summed E-state index contributed by atoms with van der Waals surface area (Å²) in [5.74, 6) is -0.675. The number of nitro groups is 2. The first-order chi connectivity index (χ1) is 18.6. The molecule has 13 heteroatoms. The average molecular weight is 532 g/mol. The van der Waals surface area contributed by atoms with Gasteiger partial charge in [-0.15, -0.1) is 0 Å². The molecule has 0 saturated carbocycles. The summed E-state index contributed by atoms with van der Waals surface area (Å²) in [7, 11) is 0. The minimum Gasteiger partial charge on any atom is -0.490 e. The zero-order valence-electron chi connectivity index (χ0n) is 20.6. The van der Waals surface area contributed by atoms with E-state index < -0.39 is 27.2 Å². The quantitative estimate of drug-likeness (QED) is 0.172. The van der Waals surface area contributed by atoms with Crippen molar-refractivity contribution in [1.82, 2.24) is 0 Å². The third-order valence-electron chi connectivity index (χ3n) is 5.21. The molecule has 39 heavy (non-hydrogen) atoms. The zero-order valence-corrected chi connectivity index (χ0v) is 20.6. The molecule has 0 aliphatic carbocycles. The van der Waals surface area contributed by atoms with Gasteiger partial charge in [-0.25, -0.2) is 9.79 Å². The van der Waals surface area contributed by atoms with Gasteiger partial charge < -0.3 is 19.5 Å². The van der Waals surface area contributed by atoms with Crippen molar-refractivity contribution in [3.8, 4) is 17.2 Å². The summed E-state index contributed by atoms with van der Waals surface area (Å²) in [4.78, 5) is 48.8. The lowest BCUT2D eigenvalue weighted by molar-refractivity contribution is -0.394. The minimum atomic E-state index is -0.782. The molecule has 3 aromatic carbocycles. The number of non-ortho nitro benzene ring substituents is 1. The molecule has 0 atom stereocenters. The van der Waals surface area contributed by atoms with Gasteiger partial charge in [-0.3, -0.25) is 25.0 Å². The Morgan fingerprint density at radius 1 is 1.00 bits per heavy atom. The van der Waals surface area contributed by atoms with Crippen LogP contribution in [0.25, 0.3) is 6.08 Å². The molecular formula is C26H20N4O9. The van der Waals surface area contributed by atoms with E-state index in [0.29, 0.717) is 16.8 Å². The first kappa shape index (κ1) is 26.5. The number of ether oxygens (including phenoxy) is 3. The fourth-order valence-corrected chi connectivity index (χ4v) is 3.52. The van der Waals surface area contributed by atoms with Gasteiger partial charge >= 0.3 is 11.7 Å². The van der Waals surface area contributed by atoms with E-state index in [1.165, 1.54) is 19.1 Å². The number of carbonyl (C=O) groups is 2.